The number of benzene rings is 1. The minimum Gasteiger partial charge on any atom is -0.377 e. The Morgan fingerprint density at radius 3 is 2.59 bits per heavy atom. The van der Waals surface area contributed by atoms with Gasteiger partial charge in [0.15, 0.2) is 0 Å². The molecule has 0 aliphatic rings. The van der Waals surface area contributed by atoms with Gasteiger partial charge in [-0.1, -0.05) is 33.6 Å². The van der Waals surface area contributed by atoms with Crippen LogP contribution < -0.4 is 0 Å². The molecule has 6 heteroatoms. The summed E-state index contributed by atoms with van der Waals surface area (Å²) in [6.45, 7) is 0.301. The largest absolute Gasteiger partial charge is 0.389 e. The molecule has 1 aromatic carbocycles. The molecule has 1 rings (SSSR count). The molecule has 0 heterocycles. The lowest BCUT2D eigenvalue weighted by atomic mass is 10.2. The van der Waals surface area contributed by atoms with Crippen LogP contribution in [0.15, 0.2) is 22.7 Å². The van der Waals surface area contributed by atoms with Gasteiger partial charge in [-0.3, -0.25) is 0 Å². The zero-order chi connectivity index (χ0) is 12.9. The van der Waals surface area contributed by atoms with Gasteiger partial charge in [0.05, 0.1) is 6.61 Å². The Labute approximate surface area is 111 Å². The average Bonchev–Trinajstić information content (AvgIpc) is 2.18. The summed E-state index contributed by atoms with van der Waals surface area (Å²) in [7, 11) is 0. The van der Waals surface area contributed by atoms with Gasteiger partial charge in [0, 0.05) is 22.5 Å². The first-order valence-electron chi connectivity index (χ1n) is 4.97. The third-order valence-electron chi connectivity index (χ3n) is 2.02. The average molecular weight is 332 g/mol. The van der Waals surface area contributed by atoms with Crippen LogP contribution in [-0.4, -0.2) is 12.8 Å². The summed E-state index contributed by atoms with van der Waals surface area (Å²) in [4.78, 5) is 0. The van der Waals surface area contributed by atoms with Crippen molar-refractivity contribution in [2.24, 2.45) is 0 Å². The summed E-state index contributed by atoms with van der Waals surface area (Å²) in [6, 6.07) is 5.30. The van der Waals surface area contributed by atoms with E-state index in [1.807, 2.05) is 0 Å². The third kappa shape index (κ3) is 6.29. The second-order valence-corrected chi connectivity index (χ2v) is 4.83. The standard InChI is InChI=1S/C11H11BrClF3O/c12-9-3-2-8(10(13)6-9)7-17-5-1-4-11(14,15)16/h2-3,6H,1,4-5,7H2. The van der Waals surface area contributed by atoms with Gasteiger partial charge in [-0.25, -0.2) is 0 Å². The van der Waals surface area contributed by atoms with Crippen LogP contribution >= 0.6 is 27.5 Å². The first-order chi connectivity index (χ1) is 7.88. The Morgan fingerprint density at radius 2 is 2.00 bits per heavy atom. The Hall–Kier alpha value is -0.260. The van der Waals surface area contributed by atoms with E-state index >= 15 is 0 Å². The Morgan fingerprint density at radius 1 is 1.29 bits per heavy atom. The zero-order valence-corrected chi connectivity index (χ0v) is 11.2. The van der Waals surface area contributed by atoms with Crippen LogP contribution in [0.1, 0.15) is 18.4 Å². The third-order valence-corrected chi connectivity index (χ3v) is 2.87. The second kappa shape index (κ2) is 6.61. The first kappa shape index (κ1) is 14.8. The van der Waals surface area contributed by atoms with Gasteiger partial charge in [-0.15, -0.1) is 0 Å². The highest BCUT2D eigenvalue weighted by atomic mass is 79.9. The Balaban J connectivity index is 2.27. The second-order valence-electron chi connectivity index (χ2n) is 3.51. The van der Waals surface area contributed by atoms with Gasteiger partial charge >= 0.3 is 6.18 Å². The first-order valence-corrected chi connectivity index (χ1v) is 6.14. The maximum atomic E-state index is 11.8. The summed E-state index contributed by atoms with van der Waals surface area (Å²) >= 11 is 9.19. The molecular formula is C11H11BrClF3O. The molecule has 0 N–H and O–H groups in total. The molecule has 0 bridgehead atoms. The van der Waals surface area contributed by atoms with E-state index in [9.17, 15) is 13.2 Å². The summed E-state index contributed by atoms with van der Waals surface area (Å²) in [5.41, 5.74) is 0.766. The Bertz CT molecular complexity index is 368. The van der Waals surface area contributed by atoms with E-state index in [2.05, 4.69) is 15.9 Å². The molecule has 1 nitrogen and oxygen atoms in total. The number of rotatable bonds is 5. The maximum Gasteiger partial charge on any atom is 0.389 e. The van der Waals surface area contributed by atoms with Gasteiger partial charge < -0.3 is 4.74 Å². The van der Waals surface area contributed by atoms with E-state index in [0.29, 0.717) is 5.02 Å². The molecule has 0 saturated heterocycles. The number of ether oxygens (including phenoxy) is 1. The molecule has 0 amide bonds. The van der Waals surface area contributed by atoms with Crippen LogP contribution in [0.3, 0.4) is 0 Å². The molecule has 1 aromatic rings. The molecule has 0 fully saturated rings. The number of halogens is 5. The SMILES string of the molecule is FC(F)(F)CCCOCc1ccc(Br)cc1Cl. The molecule has 17 heavy (non-hydrogen) atoms. The topological polar surface area (TPSA) is 9.23 Å². The van der Waals surface area contributed by atoms with Crippen LogP contribution in [0.25, 0.3) is 0 Å². The van der Waals surface area contributed by atoms with Crippen molar-refractivity contribution in [2.75, 3.05) is 6.61 Å². The van der Waals surface area contributed by atoms with Gasteiger partial charge in [0.2, 0.25) is 0 Å². The van der Waals surface area contributed by atoms with E-state index in [-0.39, 0.29) is 19.6 Å². The smallest absolute Gasteiger partial charge is 0.377 e. The predicted molar refractivity (Wildman–Crippen MR) is 64.1 cm³/mol. The van der Waals surface area contributed by atoms with Crippen molar-refractivity contribution >= 4 is 27.5 Å². The van der Waals surface area contributed by atoms with Crippen molar-refractivity contribution < 1.29 is 17.9 Å². The van der Waals surface area contributed by atoms with E-state index in [1.165, 1.54) is 0 Å². The van der Waals surface area contributed by atoms with Gasteiger partial charge in [0.25, 0.3) is 0 Å². The molecular weight excluding hydrogens is 320 g/mol. The van der Waals surface area contributed by atoms with Gasteiger partial charge in [-0.05, 0) is 24.1 Å². The molecule has 0 aliphatic heterocycles. The molecule has 0 unspecified atom stereocenters. The monoisotopic (exact) mass is 330 g/mol. The molecule has 0 aromatic heterocycles. The molecule has 0 spiro atoms. The minimum absolute atomic E-state index is 0.0301. The van der Waals surface area contributed by atoms with Crippen LogP contribution in [0.5, 0.6) is 0 Å². The van der Waals surface area contributed by atoms with Gasteiger partial charge in [0.1, 0.15) is 0 Å². The highest BCUT2D eigenvalue weighted by molar-refractivity contribution is 9.10. The van der Waals surface area contributed by atoms with E-state index < -0.39 is 12.6 Å². The number of hydrogen-bond acceptors (Lipinski definition) is 1. The van der Waals surface area contributed by atoms with Crippen molar-refractivity contribution in [3.63, 3.8) is 0 Å². The van der Waals surface area contributed by atoms with E-state index in [1.54, 1.807) is 18.2 Å². The fraction of sp³-hybridized carbons (Fsp3) is 0.455. The van der Waals surface area contributed by atoms with Crippen LogP contribution in [0.4, 0.5) is 13.2 Å². The van der Waals surface area contributed by atoms with Crippen LogP contribution in [-0.2, 0) is 11.3 Å². The quantitative estimate of drug-likeness (QED) is 0.693. The Kier molecular flexibility index (Phi) is 5.76. The summed E-state index contributed by atoms with van der Waals surface area (Å²) in [5, 5.41) is 0.537. The van der Waals surface area contributed by atoms with Crippen molar-refractivity contribution in [1.29, 1.82) is 0 Å². The number of alkyl halides is 3. The fourth-order valence-corrected chi connectivity index (χ4v) is 1.92. The molecule has 96 valence electrons. The predicted octanol–water partition coefficient (Wildman–Crippen LogP) is 4.96. The lowest BCUT2D eigenvalue weighted by Crippen LogP contribution is -2.08. The normalized spacial score (nSPS) is 11.8. The lowest BCUT2D eigenvalue weighted by molar-refractivity contribution is -0.138. The van der Waals surface area contributed by atoms with Crippen LogP contribution in [0, 0.1) is 0 Å². The highest BCUT2D eigenvalue weighted by Gasteiger charge is 2.25. The van der Waals surface area contributed by atoms with Gasteiger partial charge in [-0.2, -0.15) is 13.2 Å². The summed E-state index contributed by atoms with van der Waals surface area (Å²) in [6.07, 6.45) is -4.96. The van der Waals surface area contributed by atoms with Crippen molar-refractivity contribution in [3.8, 4) is 0 Å². The number of hydrogen-bond donors (Lipinski definition) is 0. The summed E-state index contributed by atoms with van der Waals surface area (Å²) < 4.78 is 41.5. The highest BCUT2D eigenvalue weighted by Crippen LogP contribution is 2.23. The fourth-order valence-electron chi connectivity index (χ4n) is 1.20. The molecule has 0 atom stereocenters. The van der Waals surface area contributed by atoms with Crippen molar-refractivity contribution in [1.82, 2.24) is 0 Å². The molecule has 0 saturated carbocycles. The summed E-state index contributed by atoms with van der Waals surface area (Å²) in [5.74, 6) is 0. The van der Waals surface area contributed by atoms with Crippen molar-refractivity contribution in [2.45, 2.75) is 25.6 Å². The van der Waals surface area contributed by atoms with Crippen molar-refractivity contribution in [3.05, 3.63) is 33.3 Å². The molecule has 0 radical (unpaired) electrons. The zero-order valence-electron chi connectivity index (χ0n) is 8.86. The molecule has 0 aliphatic carbocycles. The maximum absolute atomic E-state index is 11.8. The minimum atomic E-state index is -4.11. The van der Waals surface area contributed by atoms with E-state index in [0.717, 1.165) is 10.0 Å². The van der Waals surface area contributed by atoms with Crippen LogP contribution in [0.2, 0.25) is 5.02 Å². The van der Waals surface area contributed by atoms with E-state index in [4.69, 9.17) is 16.3 Å². The lowest BCUT2D eigenvalue weighted by Gasteiger charge is -2.08.